The molecule has 0 N–H and O–H groups in total. The van der Waals surface area contributed by atoms with Gasteiger partial charge in [0.2, 0.25) is 0 Å². The van der Waals surface area contributed by atoms with Crippen LogP contribution < -0.4 is 0 Å². The minimum Gasteiger partial charge on any atom is -0.256 e. The van der Waals surface area contributed by atoms with Crippen LogP contribution in [0.5, 0.6) is 0 Å². The van der Waals surface area contributed by atoms with Gasteiger partial charge in [-0.2, -0.15) is 0 Å². The summed E-state index contributed by atoms with van der Waals surface area (Å²) in [4.78, 5) is 4.45. The van der Waals surface area contributed by atoms with Crippen molar-refractivity contribution < 1.29 is 0 Å². The molecule has 0 heterocycles. The van der Waals surface area contributed by atoms with Gasteiger partial charge >= 0.3 is 0 Å². The number of hydrogen-bond donors (Lipinski definition) is 0. The van der Waals surface area contributed by atoms with Crippen molar-refractivity contribution in [3.05, 3.63) is 48.2 Å². The molecule has 0 atom stereocenters. The third kappa shape index (κ3) is 2.79. The van der Waals surface area contributed by atoms with Crippen LogP contribution in [0.4, 0.5) is 0 Å². The van der Waals surface area contributed by atoms with Crippen LogP contribution in [0.2, 0.25) is 0 Å². The van der Waals surface area contributed by atoms with Crippen LogP contribution in [0.1, 0.15) is 27.7 Å². The molecule has 1 heteroatoms. The van der Waals surface area contributed by atoms with Crippen molar-refractivity contribution in [2.45, 2.75) is 27.7 Å². The smallest absolute Gasteiger partial charge is 0.0733 e. The molecule has 0 bridgehead atoms. The van der Waals surface area contributed by atoms with E-state index in [1.807, 2.05) is 31.4 Å². The number of nitrogens with zero attached hydrogens (tertiary/aromatic N) is 1. The third-order valence-electron chi connectivity index (χ3n) is 2.28. The maximum atomic E-state index is 4.45. The Kier molecular flexibility index (Phi) is 3.46. The quantitative estimate of drug-likeness (QED) is 0.606. The molecule has 0 saturated carbocycles. The Morgan fingerprint density at radius 1 is 1.33 bits per heavy atom. The normalized spacial score (nSPS) is 20.1. The highest BCUT2D eigenvalue weighted by molar-refractivity contribution is 6.15. The summed E-state index contributed by atoms with van der Waals surface area (Å²) in [5, 5.41) is 0. The Bertz CT molecular complexity index is 371. The topological polar surface area (TPSA) is 12.4 Å². The maximum Gasteiger partial charge on any atom is 0.0733 e. The molecule has 1 aliphatic carbocycles. The number of rotatable bonds is 1. The number of aliphatic imine (C=N–C) groups is 1. The van der Waals surface area contributed by atoms with Gasteiger partial charge in [0.05, 0.1) is 5.71 Å². The molecule has 0 aliphatic heterocycles. The maximum absolute atomic E-state index is 4.45. The van der Waals surface area contributed by atoms with Crippen molar-refractivity contribution in [1.82, 2.24) is 0 Å². The summed E-state index contributed by atoms with van der Waals surface area (Å²) in [5.41, 5.74) is 3.34. The van der Waals surface area contributed by atoms with Gasteiger partial charge in [0, 0.05) is 6.20 Å². The Morgan fingerprint density at radius 2 is 2.00 bits per heavy atom. The zero-order chi connectivity index (χ0) is 11.5. The van der Waals surface area contributed by atoms with Crippen LogP contribution in [-0.2, 0) is 0 Å². The summed E-state index contributed by atoms with van der Waals surface area (Å²) in [6.07, 6.45) is 9.91. The van der Waals surface area contributed by atoms with Crippen LogP contribution >= 0.6 is 0 Å². The Labute approximate surface area is 92.6 Å². The van der Waals surface area contributed by atoms with Gasteiger partial charge in [0.25, 0.3) is 0 Å². The predicted molar refractivity (Wildman–Crippen MR) is 68.1 cm³/mol. The molecule has 0 aromatic carbocycles. The lowest BCUT2D eigenvalue weighted by atomic mass is 9.79. The molecule has 1 rings (SSSR count). The SMILES string of the molecule is C=C1C=CC=C(C(C)(C)C)C1=N/C=C\C. The first-order valence-corrected chi connectivity index (χ1v) is 5.24. The van der Waals surface area contributed by atoms with E-state index >= 15 is 0 Å². The lowest BCUT2D eigenvalue weighted by molar-refractivity contribution is 0.524. The van der Waals surface area contributed by atoms with E-state index in [4.69, 9.17) is 0 Å². The summed E-state index contributed by atoms with van der Waals surface area (Å²) < 4.78 is 0. The second-order valence-corrected chi connectivity index (χ2v) is 4.67. The van der Waals surface area contributed by atoms with E-state index in [0.717, 1.165) is 11.3 Å². The number of hydrogen-bond acceptors (Lipinski definition) is 1. The van der Waals surface area contributed by atoms with Crippen molar-refractivity contribution in [3.63, 3.8) is 0 Å². The molecule has 0 spiro atoms. The van der Waals surface area contributed by atoms with Crippen LogP contribution in [0.15, 0.2) is 53.2 Å². The molecule has 15 heavy (non-hydrogen) atoms. The molecule has 1 aliphatic rings. The summed E-state index contributed by atoms with van der Waals surface area (Å²) in [5.74, 6) is 0. The van der Waals surface area contributed by atoms with Gasteiger partial charge in [-0.15, -0.1) is 0 Å². The van der Waals surface area contributed by atoms with Crippen molar-refractivity contribution in [1.29, 1.82) is 0 Å². The summed E-state index contributed by atoms with van der Waals surface area (Å²) in [6.45, 7) is 12.6. The lowest BCUT2D eigenvalue weighted by Crippen LogP contribution is -2.20. The molecule has 0 unspecified atom stereocenters. The van der Waals surface area contributed by atoms with Gasteiger partial charge in [-0.3, -0.25) is 4.99 Å². The highest BCUT2D eigenvalue weighted by Crippen LogP contribution is 2.31. The fourth-order valence-electron chi connectivity index (χ4n) is 1.50. The van der Waals surface area contributed by atoms with Crippen molar-refractivity contribution in [2.75, 3.05) is 0 Å². The highest BCUT2D eigenvalue weighted by Gasteiger charge is 2.23. The van der Waals surface area contributed by atoms with Gasteiger partial charge in [0.15, 0.2) is 0 Å². The Morgan fingerprint density at radius 3 is 2.53 bits per heavy atom. The van der Waals surface area contributed by atoms with Crippen molar-refractivity contribution >= 4 is 5.71 Å². The molecule has 0 fully saturated rings. The third-order valence-corrected chi connectivity index (χ3v) is 2.28. The minimum absolute atomic E-state index is 0.105. The van der Waals surface area contributed by atoms with Gasteiger partial charge < -0.3 is 0 Å². The monoisotopic (exact) mass is 201 g/mol. The first kappa shape index (κ1) is 11.7. The first-order valence-electron chi connectivity index (χ1n) is 5.24. The van der Waals surface area contributed by atoms with E-state index in [1.165, 1.54) is 5.57 Å². The van der Waals surface area contributed by atoms with E-state index in [9.17, 15) is 0 Å². The fourth-order valence-corrected chi connectivity index (χ4v) is 1.50. The van der Waals surface area contributed by atoms with Crippen LogP contribution in [0, 0.1) is 5.41 Å². The lowest BCUT2D eigenvalue weighted by Gasteiger charge is -2.26. The predicted octanol–water partition coefficient (Wildman–Crippen LogP) is 4.06. The van der Waals surface area contributed by atoms with E-state index in [2.05, 4.69) is 38.4 Å². The van der Waals surface area contributed by atoms with Crippen LogP contribution in [0.3, 0.4) is 0 Å². The molecule has 0 radical (unpaired) electrons. The first-order chi connectivity index (χ1) is 6.96. The fraction of sp³-hybridized carbons (Fsp3) is 0.357. The second kappa shape index (κ2) is 4.43. The van der Waals surface area contributed by atoms with E-state index in [-0.39, 0.29) is 5.41 Å². The second-order valence-electron chi connectivity index (χ2n) is 4.67. The van der Waals surface area contributed by atoms with Crippen molar-refractivity contribution in [3.8, 4) is 0 Å². The largest absolute Gasteiger partial charge is 0.256 e. The van der Waals surface area contributed by atoms with Gasteiger partial charge in [-0.05, 0) is 23.5 Å². The average Bonchev–Trinajstić information content (AvgIpc) is 2.14. The van der Waals surface area contributed by atoms with Crippen LogP contribution in [-0.4, -0.2) is 5.71 Å². The van der Waals surface area contributed by atoms with Gasteiger partial charge in [-0.25, -0.2) is 0 Å². The molecule has 0 amide bonds. The molecular formula is C14H19N. The van der Waals surface area contributed by atoms with E-state index in [0.29, 0.717) is 0 Å². The molecule has 0 aromatic heterocycles. The van der Waals surface area contributed by atoms with Crippen LogP contribution in [0.25, 0.3) is 0 Å². The molecule has 1 nitrogen and oxygen atoms in total. The zero-order valence-electron chi connectivity index (χ0n) is 10.0. The molecular weight excluding hydrogens is 182 g/mol. The van der Waals surface area contributed by atoms with Crippen molar-refractivity contribution in [2.24, 2.45) is 10.4 Å². The summed E-state index contributed by atoms with van der Waals surface area (Å²) in [7, 11) is 0. The molecule has 0 aromatic rings. The van der Waals surface area contributed by atoms with Gasteiger partial charge in [0.1, 0.15) is 0 Å². The van der Waals surface area contributed by atoms with E-state index in [1.54, 1.807) is 0 Å². The standard InChI is InChI=1S/C14H19N/c1-6-10-15-13-11(2)8-7-9-12(13)14(3,4)5/h6-10H,2H2,1,3-5H3/b10-6-,15-13?. The number of allylic oxidation sites excluding steroid dienone is 6. The zero-order valence-corrected chi connectivity index (χ0v) is 10.0. The highest BCUT2D eigenvalue weighted by atomic mass is 14.7. The minimum atomic E-state index is 0.105. The molecule has 0 saturated heterocycles. The Balaban J connectivity index is 3.17. The average molecular weight is 201 g/mol. The van der Waals surface area contributed by atoms with E-state index < -0.39 is 0 Å². The summed E-state index contributed by atoms with van der Waals surface area (Å²) in [6, 6.07) is 0. The molecule has 80 valence electrons. The van der Waals surface area contributed by atoms with Gasteiger partial charge in [-0.1, -0.05) is 51.7 Å². The Hall–Kier alpha value is -1.37. The summed E-state index contributed by atoms with van der Waals surface area (Å²) >= 11 is 0.